The Bertz CT molecular complexity index is 327. The number of rotatable bonds is 10. The molecule has 1 aromatic rings. The van der Waals surface area contributed by atoms with Gasteiger partial charge in [0, 0.05) is 12.6 Å². The van der Waals surface area contributed by atoms with Crippen molar-refractivity contribution in [3.63, 3.8) is 0 Å². The minimum atomic E-state index is 0.0933. The number of aliphatic hydroxyl groups excluding tert-OH is 1. The molecular weight excluding hydrogens is 242 g/mol. The summed E-state index contributed by atoms with van der Waals surface area (Å²) in [6, 6.07) is 8.49. The number of benzene rings is 1. The molecule has 0 spiro atoms. The molecule has 0 bridgehead atoms. The Labute approximate surface area is 115 Å². The lowest BCUT2D eigenvalue weighted by molar-refractivity contribution is 0.0904. The summed E-state index contributed by atoms with van der Waals surface area (Å²) in [5.41, 5.74) is 1.25. The normalized spacial score (nSPS) is 12.4. The van der Waals surface area contributed by atoms with Crippen molar-refractivity contribution in [3.8, 4) is 5.75 Å². The molecule has 19 heavy (non-hydrogen) atoms. The molecular formula is C15H25NO3. The molecule has 0 fully saturated rings. The zero-order valence-corrected chi connectivity index (χ0v) is 11.9. The molecule has 0 aliphatic heterocycles. The molecule has 0 saturated heterocycles. The van der Waals surface area contributed by atoms with Crippen LogP contribution in [0.4, 0.5) is 0 Å². The highest BCUT2D eigenvalue weighted by atomic mass is 16.5. The minimum absolute atomic E-state index is 0.0933. The lowest BCUT2D eigenvalue weighted by atomic mass is 10.1. The fraction of sp³-hybridized carbons (Fsp3) is 0.600. The van der Waals surface area contributed by atoms with Gasteiger partial charge < -0.3 is 19.9 Å². The smallest absolute Gasteiger partial charge is 0.119 e. The summed E-state index contributed by atoms with van der Waals surface area (Å²) < 4.78 is 10.6. The first kappa shape index (κ1) is 16.0. The molecule has 0 heterocycles. The largest absolute Gasteiger partial charge is 0.494 e. The van der Waals surface area contributed by atoms with Gasteiger partial charge in [-0.2, -0.15) is 0 Å². The van der Waals surface area contributed by atoms with Gasteiger partial charge >= 0.3 is 0 Å². The summed E-state index contributed by atoms with van der Waals surface area (Å²) in [6.45, 7) is 6.93. The van der Waals surface area contributed by atoms with E-state index in [1.165, 1.54) is 5.56 Å². The van der Waals surface area contributed by atoms with Crippen LogP contribution in [0.1, 0.15) is 31.9 Å². The van der Waals surface area contributed by atoms with Gasteiger partial charge in [-0.05, 0) is 44.5 Å². The number of ether oxygens (including phenoxy) is 2. The van der Waals surface area contributed by atoms with Crippen molar-refractivity contribution in [2.45, 2.75) is 26.3 Å². The fourth-order valence-corrected chi connectivity index (χ4v) is 1.80. The van der Waals surface area contributed by atoms with Crippen LogP contribution in [0.25, 0.3) is 0 Å². The molecule has 4 heteroatoms. The molecule has 0 radical (unpaired) electrons. The lowest BCUT2D eigenvalue weighted by Gasteiger charge is -2.14. The topological polar surface area (TPSA) is 50.7 Å². The van der Waals surface area contributed by atoms with E-state index in [2.05, 4.69) is 24.4 Å². The van der Waals surface area contributed by atoms with Crippen LogP contribution >= 0.6 is 0 Å². The SMILES string of the molecule is CCOc1ccc(C(C)NCCCOCCO)cc1. The molecule has 1 unspecified atom stereocenters. The van der Waals surface area contributed by atoms with Crippen molar-refractivity contribution in [1.29, 1.82) is 0 Å². The van der Waals surface area contributed by atoms with Crippen LogP contribution in [-0.2, 0) is 4.74 Å². The highest BCUT2D eigenvalue weighted by Crippen LogP contribution is 2.17. The maximum absolute atomic E-state index is 8.57. The average Bonchev–Trinajstić information content (AvgIpc) is 2.43. The Morgan fingerprint density at radius 3 is 2.58 bits per heavy atom. The zero-order chi connectivity index (χ0) is 13.9. The van der Waals surface area contributed by atoms with Crippen molar-refractivity contribution in [3.05, 3.63) is 29.8 Å². The van der Waals surface area contributed by atoms with E-state index in [1.54, 1.807) is 0 Å². The van der Waals surface area contributed by atoms with Crippen LogP contribution in [0.5, 0.6) is 5.75 Å². The van der Waals surface area contributed by atoms with Gasteiger partial charge in [0.1, 0.15) is 5.75 Å². The van der Waals surface area contributed by atoms with E-state index in [0.29, 0.717) is 25.9 Å². The first-order valence-electron chi connectivity index (χ1n) is 6.92. The second-order valence-corrected chi connectivity index (χ2v) is 4.37. The molecule has 1 rings (SSSR count). The van der Waals surface area contributed by atoms with Crippen LogP contribution in [0, 0.1) is 0 Å². The van der Waals surface area contributed by atoms with E-state index >= 15 is 0 Å². The first-order chi connectivity index (χ1) is 9.27. The van der Waals surface area contributed by atoms with E-state index < -0.39 is 0 Å². The summed E-state index contributed by atoms with van der Waals surface area (Å²) in [4.78, 5) is 0. The lowest BCUT2D eigenvalue weighted by Crippen LogP contribution is -2.21. The Hall–Kier alpha value is -1.10. The average molecular weight is 267 g/mol. The Morgan fingerprint density at radius 1 is 1.21 bits per heavy atom. The molecule has 1 aromatic carbocycles. The summed E-state index contributed by atoms with van der Waals surface area (Å²) >= 11 is 0. The number of hydrogen-bond acceptors (Lipinski definition) is 4. The molecule has 1 atom stereocenters. The highest BCUT2D eigenvalue weighted by Gasteiger charge is 2.04. The van der Waals surface area contributed by atoms with Gasteiger partial charge in [0.15, 0.2) is 0 Å². The van der Waals surface area contributed by atoms with E-state index in [9.17, 15) is 0 Å². The minimum Gasteiger partial charge on any atom is -0.494 e. The summed E-state index contributed by atoms with van der Waals surface area (Å²) in [5.74, 6) is 0.913. The molecule has 0 aromatic heterocycles. The number of nitrogens with one attached hydrogen (secondary N) is 1. The summed E-state index contributed by atoms with van der Waals surface area (Å²) in [7, 11) is 0. The standard InChI is InChI=1S/C15H25NO3/c1-3-19-15-7-5-14(6-8-15)13(2)16-9-4-11-18-12-10-17/h5-8,13,16-17H,3-4,9-12H2,1-2H3. The van der Waals surface area contributed by atoms with E-state index in [0.717, 1.165) is 18.7 Å². The van der Waals surface area contributed by atoms with Crippen LogP contribution in [0.15, 0.2) is 24.3 Å². The van der Waals surface area contributed by atoms with Gasteiger partial charge in [0.05, 0.1) is 19.8 Å². The number of hydrogen-bond donors (Lipinski definition) is 2. The van der Waals surface area contributed by atoms with E-state index in [4.69, 9.17) is 14.6 Å². The predicted molar refractivity (Wildman–Crippen MR) is 76.6 cm³/mol. The molecule has 0 aliphatic carbocycles. The highest BCUT2D eigenvalue weighted by molar-refractivity contribution is 5.28. The maximum atomic E-state index is 8.57. The quantitative estimate of drug-likeness (QED) is 0.638. The van der Waals surface area contributed by atoms with Crippen molar-refractivity contribution < 1.29 is 14.6 Å². The van der Waals surface area contributed by atoms with Gasteiger partial charge in [-0.15, -0.1) is 0 Å². The van der Waals surface area contributed by atoms with Gasteiger partial charge in [0.2, 0.25) is 0 Å². The van der Waals surface area contributed by atoms with Crippen LogP contribution < -0.4 is 10.1 Å². The van der Waals surface area contributed by atoms with Crippen LogP contribution in [-0.4, -0.2) is 38.1 Å². The number of aliphatic hydroxyl groups is 1. The monoisotopic (exact) mass is 267 g/mol. The maximum Gasteiger partial charge on any atom is 0.119 e. The molecule has 0 aliphatic rings. The predicted octanol–water partition coefficient (Wildman–Crippen LogP) is 2.13. The Kier molecular flexibility index (Phi) is 8.21. The van der Waals surface area contributed by atoms with Crippen LogP contribution in [0.3, 0.4) is 0 Å². The van der Waals surface area contributed by atoms with Gasteiger partial charge in [-0.25, -0.2) is 0 Å². The van der Waals surface area contributed by atoms with Crippen molar-refractivity contribution in [2.24, 2.45) is 0 Å². The molecule has 2 N–H and O–H groups in total. The van der Waals surface area contributed by atoms with Crippen molar-refractivity contribution in [2.75, 3.05) is 33.0 Å². The van der Waals surface area contributed by atoms with Gasteiger partial charge in [-0.1, -0.05) is 12.1 Å². The Morgan fingerprint density at radius 2 is 1.95 bits per heavy atom. The van der Waals surface area contributed by atoms with Crippen molar-refractivity contribution in [1.82, 2.24) is 5.32 Å². The first-order valence-corrected chi connectivity index (χ1v) is 6.92. The van der Waals surface area contributed by atoms with E-state index in [-0.39, 0.29) is 6.61 Å². The third-order valence-corrected chi connectivity index (χ3v) is 2.84. The second-order valence-electron chi connectivity index (χ2n) is 4.37. The van der Waals surface area contributed by atoms with E-state index in [1.807, 2.05) is 19.1 Å². The molecule has 0 amide bonds. The second kappa shape index (κ2) is 9.78. The Balaban J connectivity index is 2.23. The van der Waals surface area contributed by atoms with Crippen molar-refractivity contribution >= 4 is 0 Å². The summed E-state index contributed by atoms with van der Waals surface area (Å²) in [6.07, 6.45) is 0.946. The van der Waals surface area contributed by atoms with Gasteiger partial charge in [0.25, 0.3) is 0 Å². The van der Waals surface area contributed by atoms with Crippen LogP contribution in [0.2, 0.25) is 0 Å². The molecule has 4 nitrogen and oxygen atoms in total. The zero-order valence-electron chi connectivity index (χ0n) is 11.9. The third kappa shape index (κ3) is 6.57. The summed E-state index contributed by atoms with van der Waals surface area (Å²) in [5, 5.41) is 12.0. The molecule has 108 valence electrons. The fourth-order valence-electron chi connectivity index (χ4n) is 1.80. The third-order valence-electron chi connectivity index (χ3n) is 2.84. The molecule has 0 saturated carbocycles. The van der Waals surface area contributed by atoms with Gasteiger partial charge in [-0.3, -0.25) is 0 Å².